The van der Waals surface area contributed by atoms with Gasteiger partial charge >= 0.3 is 20.6 Å². The molecule has 0 aromatic heterocycles. The molecule has 23 heavy (non-hydrogen) atoms. The smallest absolute Gasteiger partial charge is 0.480 e. The molecular weight excluding hydrogens is 623 g/mol. The number of thioether (sulfide) groups is 1. The van der Waals surface area contributed by atoms with E-state index in [4.69, 9.17) is 16.6 Å². The summed E-state index contributed by atoms with van der Waals surface area (Å²) in [7, 11) is -0.701. The van der Waals surface area contributed by atoms with Crippen molar-refractivity contribution in [1.29, 1.82) is 0 Å². The number of carboxylic acid groups (broad SMARTS) is 1. The van der Waals surface area contributed by atoms with Crippen LogP contribution in [0, 0.1) is 0 Å². The number of hydrogen-bond acceptors (Lipinski definition) is 7. The summed E-state index contributed by atoms with van der Waals surface area (Å²) in [6.45, 7) is 0.500. The number of nitrogens with two attached hydrogens (primary N) is 2. The van der Waals surface area contributed by atoms with E-state index in [1.165, 1.54) is 0 Å². The van der Waals surface area contributed by atoms with Gasteiger partial charge in [-0.05, 0) is 24.7 Å². The summed E-state index contributed by atoms with van der Waals surface area (Å²) >= 11 is 14.9. The van der Waals surface area contributed by atoms with Gasteiger partial charge in [-0.15, -0.1) is 17.0 Å². The van der Waals surface area contributed by atoms with Crippen LogP contribution in [0.3, 0.4) is 0 Å². The largest absolute Gasteiger partial charge is 0.542 e. The first-order chi connectivity index (χ1) is 10.2. The Balaban J connectivity index is -0.000000115. The minimum Gasteiger partial charge on any atom is -0.480 e. The van der Waals surface area contributed by atoms with Crippen LogP contribution in [0.1, 0.15) is 12.8 Å². The van der Waals surface area contributed by atoms with E-state index in [0.29, 0.717) is 19.4 Å². The number of halogens is 4. The molecule has 1 rings (SSSR count). The van der Waals surface area contributed by atoms with Crippen molar-refractivity contribution in [2.24, 2.45) is 11.5 Å². The number of thiol groups is 1. The molecule has 0 saturated carbocycles. The molecular formula is C10H23AlBr4N2O4S2. The third-order valence-electron chi connectivity index (χ3n) is 1.93. The van der Waals surface area contributed by atoms with Gasteiger partial charge in [0.25, 0.3) is 0 Å². The lowest BCUT2D eigenvalue weighted by Gasteiger charge is -2.02. The Morgan fingerprint density at radius 1 is 1.52 bits per heavy atom. The van der Waals surface area contributed by atoms with Gasteiger partial charge in [-0.2, -0.15) is 66.5 Å². The third kappa shape index (κ3) is 29.1. The minimum atomic E-state index is -0.913. The van der Waals surface area contributed by atoms with Gasteiger partial charge < -0.3 is 21.3 Å². The van der Waals surface area contributed by atoms with Gasteiger partial charge in [0.05, 0.1) is 6.61 Å². The van der Waals surface area contributed by atoms with Crippen molar-refractivity contribution < 1.29 is 19.4 Å². The Hall–Kier alpha value is 2.01. The molecule has 6 nitrogen and oxygen atoms in total. The highest BCUT2D eigenvalue weighted by molar-refractivity contribution is 9.69. The number of cyclic esters (lactones) is 1. The number of hydrogen-bond donors (Lipinski definition) is 4. The average Bonchev–Trinajstić information content (AvgIpc) is 2.82. The highest BCUT2D eigenvalue weighted by Gasteiger charge is 2.21. The van der Waals surface area contributed by atoms with E-state index in [-0.39, 0.29) is 29.0 Å². The van der Waals surface area contributed by atoms with Crippen LogP contribution in [0.5, 0.6) is 0 Å². The summed E-state index contributed by atoms with van der Waals surface area (Å²) in [5.41, 5.74) is 10.4. The molecule has 2 atom stereocenters. The molecule has 0 aromatic carbocycles. The molecule has 0 spiro atoms. The summed E-state index contributed by atoms with van der Waals surface area (Å²) in [4.78, 5) is 20.3. The molecule has 0 bridgehead atoms. The van der Waals surface area contributed by atoms with E-state index < -0.39 is 20.7 Å². The fraction of sp³-hybridized carbons (Fsp3) is 0.800. The summed E-state index contributed by atoms with van der Waals surface area (Å²) in [5, 5.41) is 8.27. The van der Waals surface area contributed by atoms with Crippen LogP contribution in [0.25, 0.3) is 0 Å². The first-order valence-corrected chi connectivity index (χ1v) is 17.8. The first-order valence-electron chi connectivity index (χ1n) is 5.98. The van der Waals surface area contributed by atoms with Crippen LogP contribution in [0.4, 0.5) is 0 Å². The van der Waals surface area contributed by atoms with Gasteiger partial charge in [0.15, 0.2) is 0 Å². The Labute approximate surface area is 183 Å². The fourth-order valence-corrected chi connectivity index (χ4v) is 1.37. The zero-order valence-corrected chi connectivity index (χ0v) is 22.1. The molecule has 1 aliphatic heterocycles. The number of rotatable bonds is 4. The molecule has 1 aliphatic rings. The van der Waals surface area contributed by atoms with E-state index in [2.05, 4.69) is 59.5 Å². The normalized spacial score (nSPS) is 15.8. The quantitative estimate of drug-likeness (QED) is 0.211. The number of esters is 1. The van der Waals surface area contributed by atoms with Crippen LogP contribution < -0.4 is 11.5 Å². The molecule has 0 radical (unpaired) electrons. The van der Waals surface area contributed by atoms with E-state index in [1.807, 2.05) is 6.26 Å². The van der Waals surface area contributed by atoms with E-state index in [9.17, 15) is 9.59 Å². The van der Waals surface area contributed by atoms with Gasteiger partial charge in [0.2, 0.25) is 0 Å². The molecule has 0 aromatic rings. The molecule has 2 unspecified atom stereocenters. The number of ether oxygens (including phenoxy) is 1. The summed E-state index contributed by atoms with van der Waals surface area (Å²) in [5.74, 6) is -0.364. The van der Waals surface area contributed by atoms with E-state index >= 15 is 0 Å². The second-order valence-electron chi connectivity index (χ2n) is 3.54. The van der Waals surface area contributed by atoms with Gasteiger partial charge in [0.1, 0.15) is 12.1 Å². The number of carbonyl (C=O) groups excluding carboxylic acids is 1. The third-order valence-corrected chi connectivity index (χ3v) is 2.57. The van der Waals surface area contributed by atoms with Gasteiger partial charge in [-0.25, -0.2) is 0 Å². The summed E-state index contributed by atoms with van der Waals surface area (Å²) < 4.78 is 4.50. The van der Waals surface area contributed by atoms with Gasteiger partial charge in [0, 0.05) is 6.42 Å². The SMILES string of the molecule is Br.CS.CSCCC(N)C(=O)O.NC1CCOC1=O.[Br][Al]([Br])[Br]. The predicted molar refractivity (Wildman–Crippen MR) is 120 cm³/mol. The number of aliphatic carboxylic acids is 1. The second-order valence-corrected chi connectivity index (χ2v) is 24.3. The monoisotopic (exact) mass is 642 g/mol. The molecule has 0 amide bonds. The molecule has 1 saturated heterocycles. The van der Waals surface area contributed by atoms with Crippen LogP contribution in [-0.2, 0) is 14.3 Å². The highest BCUT2D eigenvalue weighted by Crippen LogP contribution is 2.07. The molecule has 1 fully saturated rings. The van der Waals surface area contributed by atoms with Crippen molar-refractivity contribution in [1.82, 2.24) is 0 Å². The maximum Gasteiger partial charge on any atom is 0.542 e. The molecule has 13 heteroatoms. The second kappa shape index (κ2) is 24.0. The van der Waals surface area contributed by atoms with Gasteiger partial charge in [-0.3, -0.25) is 9.59 Å². The van der Waals surface area contributed by atoms with Crippen LogP contribution in [0.15, 0.2) is 0 Å². The van der Waals surface area contributed by atoms with Crippen LogP contribution in [-0.4, -0.2) is 62.7 Å². The Kier molecular flexibility index (Phi) is 34.1. The van der Waals surface area contributed by atoms with Crippen molar-refractivity contribution in [3.05, 3.63) is 0 Å². The van der Waals surface area contributed by atoms with Gasteiger partial charge in [-0.1, -0.05) is 0 Å². The van der Waals surface area contributed by atoms with Crippen molar-refractivity contribution in [3.8, 4) is 0 Å². The van der Waals surface area contributed by atoms with Crippen molar-refractivity contribution in [2.75, 3.05) is 24.9 Å². The summed E-state index contributed by atoms with van der Waals surface area (Å²) in [6.07, 6.45) is 4.85. The lowest BCUT2D eigenvalue weighted by atomic mass is 10.2. The van der Waals surface area contributed by atoms with E-state index in [0.717, 1.165) is 5.75 Å². The maximum absolute atomic E-state index is 10.2. The number of carboxylic acids is 1. The van der Waals surface area contributed by atoms with Crippen molar-refractivity contribution in [3.63, 3.8) is 0 Å². The maximum atomic E-state index is 10.2. The fourth-order valence-electron chi connectivity index (χ4n) is 0.880. The molecule has 5 N–H and O–H groups in total. The standard InChI is InChI=1S/C5H11NO2S.C4H7NO2.CH4S.Al.4BrH/c1-9-3-2-4(6)5(7)8;5-3-1-2-7-4(3)6;1-2;;;;;/h4H,2-3,6H2,1H3,(H,7,8);3H,1-2,5H2;2H,1H3;;4*1H/q;;;+3;;;;/p-3. The number of carbonyl (C=O) groups is 2. The van der Waals surface area contributed by atoms with Crippen molar-refractivity contribution >= 4 is 104 Å². The average molecular weight is 646 g/mol. The Bertz CT molecular complexity index is 295. The Morgan fingerprint density at radius 2 is 1.96 bits per heavy atom. The van der Waals surface area contributed by atoms with E-state index in [1.54, 1.807) is 18.0 Å². The molecule has 140 valence electrons. The predicted octanol–water partition coefficient (Wildman–Crippen LogP) is 2.69. The minimum absolute atomic E-state index is 0. The molecule has 0 aliphatic carbocycles. The van der Waals surface area contributed by atoms with Crippen LogP contribution in [0.2, 0.25) is 0 Å². The Morgan fingerprint density at radius 3 is 2.13 bits per heavy atom. The molecule has 1 heterocycles. The first kappa shape index (κ1) is 32.7. The summed E-state index contributed by atoms with van der Waals surface area (Å²) in [6, 6.07) is -1.03. The lowest BCUT2D eigenvalue weighted by molar-refractivity contribution is -0.139. The zero-order chi connectivity index (χ0) is 18.1. The lowest BCUT2D eigenvalue weighted by Crippen LogP contribution is -2.30. The van der Waals surface area contributed by atoms with Crippen LogP contribution >= 0.6 is 83.5 Å². The highest BCUT2D eigenvalue weighted by atomic mass is 80.0. The topological polar surface area (TPSA) is 116 Å². The van der Waals surface area contributed by atoms with Crippen molar-refractivity contribution in [2.45, 2.75) is 24.9 Å². The zero-order valence-electron chi connectivity index (χ0n) is 12.8.